The highest BCUT2D eigenvalue weighted by atomic mass is 19.4. The number of hydrogen-bond acceptors (Lipinski definition) is 8. The van der Waals surface area contributed by atoms with Gasteiger partial charge in [0.05, 0.1) is 67.2 Å². The Morgan fingerprint density at radius 1 is 0.744 bits per heavy atom. The number of esters is 2. The molecule has 15 heteroatoms. The van der Waals surface area contributed by atoms with Gasteiger partial charge in [-0.2, -0.15) is 26.3 Å². The molecule has 0 aliphatic heterocycles. The third-order valence-corrected chi connectivity index (χ3v) is 5.74. The monoisotopic (exact) mass is 612 g/mol. The minimum atomic E-state index is -4.69. The molecule has 0 atom stereocenters. The van der Waals surface area contributed by atoms with Crippen molar-refractivity contribution < 1.29 is 59.0 Å². The van der Waals surface area contributed by atoms with Gasteiger partial charge in [-0.05, 0) is 47.5 Å². The Balaban J connectivity index is 0.000000238. The summed E-state index contributed by atoms with van der Waals surface area (Å²) in [6.07, 6.45) is -4.55. The van der Waals surface area contributed by atoms with E-state index in [0.717, 1.165) is 45.8 Å². The molecule has 2 aromatic carbocycles. The van der Waals surface area contributed by atoms with Crippen molar-refractivity contribution in [2.45, 2.75) is 19.3 Å². The van der Waals surface area contributed by atoms with Crippen LogP contribution < -0.4 is 11.1 Å². The fourth-order valence-electron chi connectivity index (χ4n) is 3.86. The zero-order valence-corrected chi connectivity index (χ0v) is 22.5. The van der Waals surface area contributed by atoms with Crippen molar-refractivity contribution in [3.05, 3.63) is 83.7 Å². The van der Waals surface area contributed by atoms with Gasteiger partial charge in [-0.3, -0.25) is 4.79 Å². The number of anilines is 2. The molecule has 2 heterocycles. The molecule has 0 saturated heterocycles. The highest BCUT2D eigenvalue weighted by Gasteiger charge is 2.37. The maximum Gasteiger partial charge on any atom is 0.417 e. The van der Waals surface area contributed by atoms with Gasteiger partial charge in [0, 0.05) is 23.7 Å². The van der Waals surface area contributed by atoms with E-state index in [9.17, 15) is 40.7 Å². The predicted octanol–water partition coefficient (Wildman–Crippen LogP) is 7.04. The van der Waals surface area contributed by atoms with Crippen LogP contribution in [0.5, 0.6) is 0 Å². The summed E-state index contributed by atoms with van der Waals surface area (Å²) in [5, 5.41) is 2.21. The number of methoxy groups -OCH3 is 2. The first-order valence-electron chi connectivity index (χ1n) is 11.8. The number of nitrogens with two attached hydrogens (primary N) is 1. The molecule has 0 aliphatic rings. The van der Waals surface area contributed by atoms with E-state index in [1.54, 1.807) is 0 Å². The second-order valence-corrected chi connectivity index (χ2v) is 8.61. The van der Waals surface area contributed by atoms with E-state index in [1.807, 2.05) is 0 Å². The van der Waals surface area contributed by atoms with Gasteiger partial charge >= 0.3 is 24.3 Å². The first-order chi connectivity index (χ1) is 20.1. The number of carbonyl (C=O) groups is 3. The van der Waals surface area contributed by atoms with Crippen LogP contribution in [0.1, 0.15) is 38.8 Å². The van der Waals surface area contributed by atoms with Gasteiger partial charge < -0.3 is 29.4 Å². The Morgan fingerprint density at radius 3 is 1.58 bits per heavy atom. The lowest BCUT2D eigenvalue weighted by molar-refractivity contribution is -0.137. The average molecular weight is 612 g/mol. The molecule has 2 aromatic heterocycles. The molecule has 228 valence electrons. The van der Waals surface area contributed by atoms with Crippen LogP contribution in [0.15, 0.2) is 70.3 Å². The highest BCUT2D eigenvalue weighted by molar-refractivity contribution is 6.02. The van der Waals surface area contributed by atoms with Crippen molar-refractivity contribution in [3.63, 3.8) is 0 Å². The van der Waals surface area contributed by atoms with E-state index in [2.05, 4.69) is 14.8 Å². The van der Waals surface area contributed by atoms with Crippen LogP contribution in [0.4, 0.5) is 37.7 Å². The van der Waals surface area contributed by atoms with Crippen LogP contribution >= 0.6 is 0 Å². The largest absolute Gasteiger partial charge is 0.472 e. The summed E-state index contributed by atoms with van der Waals surface area (Å²) in [7, 11) is 2.21. The van der Waals surface area contributed by atoms with Gasteiger partial charge in [0.2, 0.25) is 5.91 Å². The molecule has 4 aromatic rings. The zero-order valence-electron chi connectivity index (χ0n) is 22.5. The number of rotatable bonds is 5. The molecule has 0 aliphatic carbocycles. The molecule has 1 amide bonds. The summed E-state index contributed by atoms with van der Waals surface area (Å²) in [5.41, 5.74) is 2.57. The number of nitrogen functional groups attached to an aromatic ring is 1. The lowest BCUT2D eigenvalue weighted by Crippen LogP contribution is -2.15. The number of hydrogen-bond donors (Lipinski definition) is 2. The van der Waals surface area contributed by atoms with Gasteiger partial charge in [0.1, 0.15) is 0 Å². The number of furan rings is 2. The van der Waals surface area contributed by atoms with Crippen LogP contribution in [0.2, 0.25) is 0 Å². The fourth-order valence-corrected chi connectivity index (χ4v) is 3.86. The van der Waals surface area contributed by atoms with Crippen molar-refractivity contribution in [2.24, 2.45) is 0 Å². The molecule has 3 N–H and O–H groups in total. The van der Waals surface area contributed by atoms with E-state index in [1.165, 1.54) is 24.7 Å². The smallest absolute Gasteiger partial charge is 0.417 e. The molecular weight excluding hydrogens is 590 g/mol. The van der Waals surface area contributed by atoms with Gasteiger partial charge in [-0.1, -0.05) is 0 Å². The molecule has 4 rings (SSSR count). The summed E-state index contributed by atoms with van der Waals surface area (Å²) < 4.78 is 97.7. The third kappa shape index (κ3) is 7.55. The summed E-state index contributed by atoms with van der Waals surface area (Å²) in [4.78, 5) is 34.5. The summed E-state index contributed by atoms with van der Waals surface area (Å²) >= 11 is 0. The van der Waals surface area contributed by atoms with Crippen molar-refractivity contribution >= 4 is 29.2 Å². The average Bonchev–Trinajstić information content (AvgIpc) is 3.66. The fraction of sp³-hybridized carbons (Fsp3) is 0.179. The van der Waals surface area contributed by atoms with Gasteiger partial charge in [0.25, 0.3) is 0 Å². The molecular formula is C28H22F6N2O7. The Morgan fingerprint density at radius 2 is 1.19 bits per heavy atom. The Hall–Kier alpha value is -5.21. The van der Waals surface area contributed by atoms with Crippen molar-refractivity contribution in [1.82, 2.24) is 0 Å². The quantitative estimate of drug-likeness (QED) is 0.139. The van der Waals surface area contributed by atoms with Gasteiger partial charge in [0.15, 0.2) is 0 Å². The summed E-state index contributed by atoms with van der Waals surface area (Å²) in [6, 6.07) is 6.19. The molecule has 0 unspecified atom stereocenters. The lowest BCUT2D eigenvalue weighted by Gasteiger charge is -2.17. The van der Waals surface area contributed by atoms with Crippen LogP contribution in [-0.4, -0.2) is 32.1 Å². The lowest BCUT2D eigenvalue weighted by atomic mass is 9.97. The van der Waals surface area contributed by atoms with E-state index >= 15 is 0 Å². The number of alkyl halides is 6. The van der Waals surface area contributed by atoms with Crippen molar-refractivity contribution in [1.29, 1.82) is 0 Å². The molecule has 0 spiro atoms. The van der Waals surface area contributed by atoms with E-state index in [-0.39, 0.29) is 44.8 Å². The summed E-state index contributed by atoms with van der Waals surface area (Å²) in [6.45, 7) is 1.12. The van der Waals surface area contributed by atoms with E-state index in [0.29, 0.717) is 12.1 Å². The van der Waals surface area contributed by atoms with E-state index in [4.69, 9.17) is 14.6 Å². The highest BCUT2D eigenvalue weighted by Crippen LogP contribution is 2.41. The molecule has 0 fully saturated rings. The summed E-state index contributed by atoms with van der Waals surface area (Å²) in [5.74, 6) is -2.28. The Kier molecular flexibility index (Phi) is 9.58. The molecule has 9 nitrogen and oxygen atoms in total. The van der Waals surface area contributed by atoms with Crippen LogP contribution in [0.25, 0.3) is 22.3 Å². The first-order valence-corrected chi connectivity index (χ1v) is 11.8. The van der Waals surface area contributed by atoms with Gasteiger partial charge in [-0.15, -0.1) is 0 Å². The standard InChI is InChI=1S/C15H12F3NO4.C13H10F3NO3/c1-8(20)19-13-6-12(15(16,17)18)10(9-3-4-23-7-9)5-11(13)14(21)22-2;1-19-12(18)9-4-8(7-2-3-20-6-7)10(5-11(9)17)13(14,15)16/h3-7H,1-2H3,(H,19,20);2-6H,17H2,1H3. The van der Waals surface area contributed by atoms with Gasteiger partial charge in [-0.25, -0.2) is 9.59 Å². The number of amides is 1. The molecule has 0 radical (unpaired) electrons. The molecule has 0 saturated carbocycles. The number of ether oxygens (including phenoxy) is 2. The van der Waals surface area contributed by atoms with Crippen molar-refractivity contribution in [2.75, 3.05) is 25.3 Å². The van der Waals surface area contributed by atoms with Crippen molar-refractivity contribution in [3.8, 4) is 22.3 Å². The maximum absolute atomic E-state index is 13.3. The second kappa shape index (κ2) is 12.8. The minimum absolute atomic E-state index is 0.128. The van der Waals surface area contributed by atoms with E-state index < -0.39 is 41.3 Å². The topological polar surface area (TPSA) is 134 Å². The second-order valence-electron chi connectivity index (χ2n) is 8.61. The normalized spacial score (nSPS) is 11.3. The molecule has 43 heavy (non-hydrogen) atoms. The zero-order chi connectivity index (χ0) is 32.1. The molecule has 0 bridgehead atoms. The number of halogens is 6. The predicted molar refractivity (Wildman–Crippen MR) is 140 cm³/mol. The number of carbonyl (C=O) groups excluding carboxylic acids is 3. The van der Waals surface area contributed by atoms with Crippen LogP contribution in [-0.2, 0) is 26.6 Å². The Labute approximate surface area is 239 Å². The number of benzene rings is 2. The van der Waals surface area contributed by atoms with Crippen LogP contribution in [0.3, 0.4) is 0 Å². The SMILES string of the molecule is COC(=O)c1cc(-c2ccoc2)c(C(F)(F)F)cc1N.COC(=O)c1cc(-c2ccoc2)c(C(F)(F)F)cc1NC(C)=O. The van der Waals surface area contributed by atoms with Crippen LogP contribution in [0, 0.1) is 0 Å². The number of nitrogens with one attached hydrogen (secondary N) is 1. The maximum atomic E-state index is 13.3. The Bertz CT molecular complexity index is 1610. The third-order valence-electron chi connectivity index (χ3n) is 5.74. The minimum Gasteiger partial charge on any atom is -0.472 e. The first kappa shape index (κ1) is 32.3.